The lowest BCUT2D eigenvalue weighted by Crippen LogP contribution is -2.43. The highest BCUT2D eigenvalue weighted by Gasteiger charge is 2.25. The molecule has 0 spiro atoms. The number of rotatable bonds is 7. The first-order valence-electron chi connectivity index (χ1n) is 6.24. The van der Waals surface area contributed by atoms with Crippen LogP contribution in [0.2, 0.25) is 0 Å². The lowest BCUT2D eigenvalue weighted by atomic mass is 9.98. The maximum Gasteiger partial charge on any atom is 0.0897 e. The second kappa shape index (κ2) is 6.61. The number of aromatic nitrogens is 1. The van der Waals surface area contributed by atoms with Gasteiger partial charge in [-0.3, -0.25) is 4.90 Å². The highest BCUT2D eigenvalue weighted by Crippen LogP contribution is 2.19. The molecule has 4 nitrogen and oxygen atoms in total. The molecule has 1 aromatic rings. The Morgan fingerprint density at radius 1 is 1.56 bits per heavy atom. The van der Waals surface area contributed by atoms with Gasteiger partial charge in [0, 0.05) is 31.6 Å². The van der Waals surface area contributed by atoms with E-state index in [2.05, 4.69) is 36.2 Å². The summed E-state index contributed by atoms with van der Waals surface area (Å²) in [5, 5.41) is 3.22. The summed E-state index contributed by atoms with van der Waals surface area (Å²) >= 11 is 1.69. The SMILES string of the molecule is COC(C)(C)CC(CN)N(C)Cc1csc(C)n1. The van der Waals surface area contributed by atoms with Crippen molar-refractivity contribution in [2.45, 2.75) is 45.4 Å². The zero-order valence-corrected chi connectivity index (χ0v) is 12.9. The van der Waals surface area contributed by atoms with Gasteiger partial charge in [0.1, 0.15) is 0 Å². The zero-order chi connectivity index (χ0) is 13.8. The third kappa shape index (κ3) is 4.65. The van der Waals surface area contributed by atoms with E-state index in [1.165, 1.54) is 0 Å². The normalized spacial score (nSPS) is 14.2. The van der Waals surface area contributed by atoms with Crippen LogP contribution in [-0.4, -0.2) is 42.2 Å². The van der Waals surface area contributed by atoms with Crippen molar-refractivity contribution in [3.05, 3.63) is 16.1 Å². The molecular formula is C13H25N3OS. The first-order valence-corrected chi connectivity index (χ1v) is 7.12. The number of ether oxygens (including phenoxy) is 1. The van der Waals surface area contributed by atoms with Crippen molar-refractivity contribution in [2.75, 3.05) is 20.7 Å². The maximum absolute atomic E-state index is 5.88. The van der Waals surface area contributed by atoms with Gasteiger partial charge < -0.3 is 10.5 Å². The number of aryl methyl sites for hydroxylation is 1. The molecule has 1 unspecified atom stereocenters. The Labute approximate surface area is 114 Å². The molecule has 104 valence electrons. The molecule has 5 heteroatoms. The van der Waals surface area contributed by atoms with E-state index < -0.39 is 0 Å². The molecule has 18 heavy (non-hydrogen) atoms. The molecule has 0 aliphatic heterocycles. The van der Waals surface area contributed by atoms with E-state index in [4.69, 9.17) is 10.5 Å². The molecule has 0 aromatic carbocycles. The standard InChI is InChI=1S/C13H25N3OS/c1-10-15-11(9-18-10)8-16(4)12(7-14)6-13(2,3)17-5/h9,12H,6-8,14H2,1-5H3. The summed E-state index contributed by atoms with van der Waals surface area (Å²) in [5.41, 5.74) is 6.86. The fourth-order valence-corrected chi connectivity index (χ4v) is 2.54. The summed E-state index contributed by atoms with van der Waals surface area (Å²) in [5.74, 6) is 0. The first-order chi connectivity index (χ1) is 8.38. The first kappa shape index (κ1) is 15.6. The topological polar surface area (TPSA) is 51.4 Å². The summed E-state index contributed by atoms with van der Waals surface area (Å²) in [6, 6.07) is 0.307. The average Bonchev–Trinajstić information content (AvgIpc) is 2.71. The van der Waals surface area contributed by atoms with Crippen molar-refractivity contribution < 1.29 is 4.74 Å². The molecule has 0 amide bonds. The van der Waals surface area contributed by atoms with Crippen LogP contribution in [0.25, 0.3) is 0 Å². The molecule has 0 aliphatic carbocycles. The molecule has 0 bridgehead atoms. The molecule has 0 radical (unpaired) electrons. The highest BCUT2D eigenvalue weighted by atomic mass is 32.1. The minimum atomic E-state index is -0.143. The van der Waals surface area contributed by atoms with Crippen LogP contribution in [0.15, 0.2) is 5.38 Å². The van der Waals surface area contributed by atoms with Crippen molar-refractivity contribution >= 4 is 11.3 Å². The Kier molecular flexibility index (Phi) is 5.72. The molecule has 1 aromatic heterocycles. The van der Waals surface area contributed by atoms with Crippen molar-refractivity contribution in [3.8, 4) is 0 Å². The second-order valence-electron chi connectivity index (χ2n) is 5.33. The van der Waals surface area contributed by atoms with Gasteiger partial charge in [0.05, 0.1) is 16.3 Å². The highest BCUT2D eigenvalue weighted by molar-refractivity contribution is 7.09. The van der Waals surface area contributed by atoms with Crippen LogP contribution >= 0.6 is 11.3 Å². The monoisotopic (exact) mass is 271 g/mol. The van der Waals surface area contributed by atoms with Crippen LogP contribution in [0, 0.1) is 6.92 Å². The fraction of sp³-hybridized carbons (Fsp3) is 0.769. The molecule has 1 atom stereocenters. The van der Waals surface area contributed by atoms with Crippen LogP contribution < -0.4 is 5.73 Å². The average molecular weight is 271 g/mol. The third-order valence-electron chi connectivity index (χ3n) is 3.25. The number of hydrogen-bond acceptors (Lipinski definition) is 5. The van der Waals surface area contributed by atoms with Gasteiger partial charge in [-0.15, -0.1) is 11.3 Å². The summed E-state index contributed by atoms with van der Waals surface area (Å²) in [7, 11) is 3.84. The molecule has 2 N–H and O–H groups in total. The minimum Gasteiger partial charge on any atom is -0.379 e. The Hall–Kier alpha value is -0.490. The Balaban J connectivity index is 2.59. The van der Waals surface area contributed by atoms with E-state index in [1.54, 1.807) is 18.4 Å². The molecule has 0 saturated heterocycles. The van der Waals surface area contributed by atoms with Crippen molar-refractivity contribution in [2.24, 2.45) is 5.73 Å². The lowest BCUT2D eigenvalue weighted by Gasteiger charge is -2.33. The number of hydrogen-bond donors (Lipinski definition) is 1. The van der Waals surface area contributed by atoms with Gasteiger partial charge in [-0.25, -0.2) is 4.98 Å². The summed E-state index contributed by atoms with van der Waals surface area (Å²) < 4.78 is 5.48. The quantitative estimate of drug-likeness (QED) is 0.824. The van der Waals surface area contributed by atoms with E-state index in [9.17, 15) is 0 Å². The molecule has 0 saturated carbocycles. The van der Waals surface area contributed by atoms with Gasteiger partial charge in [0.2, 0.25) is 0 Å². The number of nitrogens with two attached hydrogens (primary N) is 1. The van der Waals surface area contributed by atoms with Crippen LogP contribution in [0.4, 0.5) is 0 Å². The number of likely N-dealkylation sites (N-methyl/N-ethyl adjacent to an activating group) is 1. The summed E-state index contributed by atoms with van der Waals surface area (Å²) in [6.07, 6.45) is 0.916. The number of nitrogens with zero attached hydrogens (tertiary/aromatic N) is 2. The van der Waals surface area contributed by atoms with E-state index in [0.29, 0.717) is 12.6 Å². The zero-order valence-electron chi connectivity index (χ0n) is 12.1. The van der Waals surface area contributed by atoms with Crippen LogP contribution in [0.1, 0.15) is 31.0 Å². The van der Waals surface area contributed by atoms with Gasteiger partial charge in [0.25, 0.3) is 0 Å². The Morgan fingerprint density at radius 3 is 2.67 bits per heavy atom. The fourth-order valence-electron chi connectivity index (χ4n) is 1.94. The van der Waals surface area contributed by atoms with E-state index in [1.807, 2.05) is 6.92 Å². The van der Waals surface area contributed by atoms with Gasteiger partial charge in [-0.1, -0.05) is 0 Å². The maximum atomic E-state index is 5.88. The van der Waals surface area contributed by atoms with E-state index in [0.717, 1.165) is 23.7 Å². The van der Waals surface area contributed by atoms with Crippen molar-refractivity contribution in [3.63, 3.8) is 0 Å². The van der Waals surface area contributed by atoms with Crippen LogP contribution in [-0.2, 0) is 11.3 Å². The van der Waals surface area contributed by atoms with Gasteiger partial charge in [0.15, 0.2) is 0 Å². The number of thiazole rings is 1. The van der Waals surface area contributed by atoms with Gasteiger partial charge in [-0.2, -0.15) is 0 Å². The third-order valence-corrected chi connectivity index (χ3v) is 4.08. The minimum absolute atomic E-state index is 0.143. The number of methoxy groups -OCH3 is 1. The summed E-state index contributed by atoms with van der Waals surface area (Å²) in [6.45, 7) is 7.69. The lowest BCUT2D eigenvalue weighted by molar-refractivity contribution is -0.00549. The van der Waals surface area contributed by atoms with Crippen LogP contribution in [0.3, 0.4) is 0 Å². The second-order valence-corrected chi connectivity index (χ2v) is 6.39. The van der Waals surface area contributed by atoms with Crippen LogP contribution in [0.5, 0.6) is 0 Å². The molecule has 0 aliphatic rings. The van der Waals surface area contributed by atoms with E-state index >= 15 is 0 Å². The van der Waals surface area contributed by atoms with Gasteiger partial charge >= 0.3 is 0 Å². The Morgan fingerprint density at radius 2 is 2.22 bits per heavy atom. The molecular weight excluding hydrogens is 246 g/mol. The van der Waals surface area contributed by atoms with Crippen molar-refractivity contribution in [1.29, 1.82) is 0 Å². The molecule has 1 heterocycles. The Bertz CT molecular complexity index is 365. The largest absolute Gasteiger partial charge is 0.379 e. The molecule has 0 fully saturated rings. The predicted octanol–water partition coefficient (Wildman–Crippen LogP) is 2.03. The smallest absolute Gasteiger partial charge is 0.0897 e. The predicted molar refractivity (Wildman–Crippen MR) is 76.9 cm³/mol. The van der Waals surface area contributed by atoms with E-state index in [-0.39, 0.29) is 5.60 Å². The van der Waals surface area contributed by atoms with Gasteiger partial charge in [-0.05, 0) is 34.2 Å². The van der Waals surface area contributed by atoms with Crippen molar-refractivity contribution in [1.82, 2.24) is 9.88 Å². The summed E-state index contributed by atoms with van der Waals surface area (Å²) in [4.78, 5) is 6.75. The molecule has 1 rings (SSSR count).